The van der Waals surface area contributed by atoms with Gasteiger partial charge >= 0.3 is 5.97 Å². The lowest BCUT2D eigenvalue weighted by Crippen LogP contribution is -2.52. The molecule has 1 atom stereocenters. The van der Waals surface area contributed by atoms with E-state index in [0.717, 1.165) is 42.6 Å². The number of aromatic nitrogens is 1. The number of esters is 1. The molecule has 0 spiro atoms. The number of aryl methyl sites for hydroxylation is 1. The summed E-state index contributed by atoms with van der Waals surface area (Å²) in [4.78, 5) is 33.0. The summed E-state index contributed by atoms with van der Waals surface area (Å²) in [5.41, 5.74) is 3.77. The largest absolute Gasteiger partial charge is 0.464 e. The van der Waals surface area contributed by atoms with Gasteiger partial charge in [0.1, 0.15) is 5.69 Å². The SMILES string of the molecule is COC(=O)c1[nH]c2ccc(C)cc2c1NC(=O)C(C)N1CCN(c2ccccc2)CC1. The van der Waals surface area contributed by atoms with E-state index in [1.54, 1.807) is 0 Å². The van der Waals surface area contributed by atoms with Crippen molar-refractivity contribution in [3.8, 4) is 0 Å². The highest BCUT2D eigenvalue weighted by molar-refractivity contribution is 6.11. The Hall–Kier alpha value is -3.32. The van der Waals surface area contributed by atoms with Crippen molar-refractivity contribution in [3.63, 3.8) is 0 Å². The van der Waals surface area contributed by atoms with Gasteiger partial charge in [0.15, 0.2) is 0 Å². The highest BCUT2D eigenvalue weighted by Crippen LogP contribution is 2.30. The molecule has 0 bridgehead atoms. The Bertz CT molecular complexity index is 1080. The third-order valence-electron chi connectivity index (χ3n) is 5.95. The quantitative estimate of drug-likeness (QED) is 0.619. The predicted molar refractivity (Wildman–Crippen MR) is 123 cm³/mol. The number of rotatable bonds is 5. The molecule has 0 aliphatic carbocycles. The van der Waals surface area contributed by atoms with Gasteiger partial charge in [-0.05, 0) is 38.1 Å². The van der Waals surface area contributed by atoms with Crippen molar-refractivity contribution in [3.05, 3.63) is 59.8 Å². The Morgan fingerprint density at radius 3 is 2.45 bits per heavy atom. The first-order valence-electron chi connectivity index (χ1n) is 10.5. The monoisotopic (exact) mass is 420 g/mol. The summed E-state index contributed by atoms with van der Waals surface area (Å²) in [5.74, 6) is -0.644. The van der Waals surface area contributed by atoms with E-state index in [4.69, 9.17) is 4.74 Å². The lowest BCUT2D eigenvalue weighted by molar-refractivity contribution is -0.120. The molecule has 4 rings (SSSR count). The minimum atomic E-state index is -0.506. The molecule has 1 fully saturated rings. The van der Waals surface area contributed by atoms with Gasteiger partial charge in [0, 0.05) is 42.8 Å². The van der Waals surface area contributed by atoms with Crippen LogP contribution in [-0.4, -0.2) is 61.1 Å². The lowest BCUT2D eigenvalue weighted by Gasteiger charge is -2.38. The molecule has 1 aromatic heterocycles. The third-order valence-corrected chi connectivity index (χ3v) is 5.95. The molecular weight excluding hydrogens is 392 g/mol. The topological polar surface area (TPSA) is 77.7 Å². The fraction of sp³-hybridized carbons (Fsp3) is 0.333. The molecule has 1 amide bonds. The van der Waals surface area contributed by atoms with Crippen LogP contribution in [0.5, 0.6) is 0 Å². The molecule has 2 heterocycles. The highest BCUT2D eigenvalue weighted by Gasteiger charge is 2.28. The number of carbonyl (C=O) groups excluding carboxylic acids is 2. The summed E-state index contributed by atoms with van der Waals surface area (Å²) >= 11 is 0. The highest BCUT2D eigenvalue weighted by atomic mass is 16.5. The molecule has 3 aromatic rings. The van der Waals surface area contributed by atoms with Gasteiger partial charge < -0.3 is 19.9 Å². The molecule has 1 aliphatic heterocycles. The minimum absolute atomic E-state index is 0.138. The fourth-order valence-corrected chi connectivity index (χ4v) is 4.09. The van der Waals surface area contributed by atoms with E-state index in [1.165, 1.54) is 12.8 Å². The zero-order chi connectivity index (χ0) is 22.0. The van der Waals surface area contributed by atoms with Crippen LogP contribution in [0.2, 0.25) is 0 Å². The number of methoxy groups -OCH3 is 1. The number of anilines is 2. The molecule has 31 heavy (non-hydrogen) atoms. The summed E-state index contributed by atoms with van der Waals surface area (Å²) in [5, 5.41) is 3.79. The van der Waals surface area contributed by atoms with Crippen LogP contribution in [0.3, 0.4) is 0 Å². The average Bonchev–Trinajstić information content (AvgIpc) is 3.16. The van der Waals surface area contributed by atoms with Gasteiger partial charge in [-0.25, -0.2) is 4.79 Å². The molecule has 0 radical (unpaired) electrons. The number of H-pyrrole nitrogens is 1. The number of hydrogen-bond acceptors (Lipinski definition) is 5. The van der Waals surface area contributed by atoms with Gasteiger partial charge in [-0.3, -0.25) is 9.69 Å². The normalized spacial score (nSPS) is 15.6. The number of piperazine rings is 1. The smallest absolute Gasteiger partial charge is 0.356 e. The Kier molecular flexibility index (Phi) is 5.95. The minimum Gasteiger partial charge on any atom is -0.464 e. The van der Waals surface area contributed by atoms with Gasteiger partial charge in [-0.1, -0.05) is 29.8 Å². The van der Waals surface area contributed by atoms with E-state index in [-0.39, 0.29) is 17.6 Å². The van der Waals surface area contributed by atoms with E-state index in [0.29, 0.717) is 5.69 Å². The van der Waals surface area contributed by atoms with Crippen molar-refractivity contribution >= 4 is 34.2 Å². The van der Waals surface area contributed by atoms with Gasteiger partial charge in [0.2, 0.25) is 5.91 Å². The number of fused-ring (bicyclic) bond motifs is 1. The molecule has 7 heteroatoms. The van der Waals surface area contributed by atoms with Gasteiger partial charge in [-0.15, -0.1) is 0 Å². The zero-order valence-electron chi connectivity index (χ0n) is 18.1. The number of amides is 1. The Morgan fingerprint density at radius 1 is 1.06 bits per heavy atom. The number of carbonyl (C=O) groups is 2. The number of para-hydroxylation sites is 1. The number of ether oxygens (including phenoxy) is 1. The van der Waals surface area contributed by atoms with Crippen LogP contribution in [-0.2, 0) is 9.53 Å². The molecule has 2 aromatic carbocycles. The number of nitrogens with zero attached hydrogens (tertiary/aromatic N) is 2. The van der Waals surface area contributed by atoms with Crippen molar-refractivity contribution in [2.24, 2.45) is 0 Å². The molecule has 1 unspecified atom stereocenters. The van der Waals surface area contributed by atoms with Crippen molar-refractivity contribution in [2.75, 3.05) is 43.5 Å². The Labute approximate surface area is 182 Å². The average molecular weight is 421 g/mol. The predicted octanol–water partition coefficient (Wildman–Crippen LogP) is 3.41. The third kappa shape index (κ3) is 4.27. The number of benzene rings is 2. The van der Waals surface area contributed by atoms with Crippen LogP contribution >= 0.6 is 0 Å². The second-order valence-corrected chi connectivity index (χ2v) is 7.94. The van der Waals surface area contributed by atoms with E-state index in [9.17, 15) is 9.59 Å². The second kappa shape index (κ2) is 8.81. The summed E-state index contributed by atoms with van der Waals surface area (Å²) in [7, 11) is 1.33. The summed E-state index contributed by atoms with van der Waals surface area (Å²) in [6.45, 7) is 7.19. The van der Waals surface area contributed by atoms with Gasteiger partial charge in [0.05, 0.1) is 18.8 Å². The summed E-state index contributed by atoms with van der Waals surface area (Å²) < 4.78 is 4.91. The molecule has 2 N–H and O–H groups in total. The maximum absolute atomic E-state index is 13.1. The zero-order valence-corrected chi connectivity index (χ0v) is 18.1. The maximum Gasteiger partial charge on any atom is 0.356 e. The van der Waals surface area contributed by atoms with Gasteiger partial charge in [-0.2, -0.15) is 0 Å². The summed E-state index contributed by atoms with van der Waals surface area (Å²) in [6, 6.07) is 15.8. The van der Waals surface area contributed by atoms with E-state index in [1.807, 2.05) is 50.2 Å². The van der Waals surface area contributed by atoms with E-state index in [2.05, 4.69) is 32.2 Å². The number of hydrogen-bond donors (Lipinski definition) is 2. The molecule has 1 saturated heterocycles. The molecule has 162 valence electrons. The first kappa shape index (κ1) is 20.9. The number of aromatic amines is 1. The standard InChI is InChI=1S/C24H28N4O3/c1-16-9-10-20-19(15-16)21(22(25-20)24(30)31-3)26-23(29)17(2)27-11-13-28(14-12-27)18-7-5-4-6-8-18/h4-10,15,17,25H,11-14H2,1-3H3,(H,26,29). The first-order valence-corrected chi connectivity index (χ1v) is 10.5. The van der Waals surface area contributed by atoms with Crippen LogP contribution in [0.1, 0.15) is 23.0 Å². The van der Waals surface area contributed by atoms with Crippen LogP contribution in [0.25, 0.3) is 10.9 Å². The van der Waals surface area contributed by atoms with Crippen LogP contribution in [0, 0.1) is 6.92 Å². The van der Waals surface area contributed by atoms with Crippen LogP contribution < -0.4 is 10.2 Å². The summed E-state index contributed by atoms with van der Waals surface area (Å²) in [6.07, 6.45) is 0. The number of nitrogens with one attached hydrogen (secondary N) is 2. The molecule has 1 aliphatic rings. The second-order valence-electron chi connectivity index (χ2n) is 7.94. The molecular formula is C24H28N4O3. The molecule has 7 nitrogen and oxygen atoms in total. The Balaban J connectivity index is 1.49. The molecule has 0 saturated carbocycles. The van der Waals surface area contributed by atoms with E-state index >= 15 is 0 Å². The fourth-order valence-electron chi connectivity index (χ4n) is 4.09. The maximum atomic E-state index is 13.1. The van der Waals surface area contributed by atoms with Gasteiger partial charge in [0.25, 0.3) is 0 Å². The van der Waals surface area contributed by atoms with Crippen molar-refractivity contribution < 1.29 is 14.3 Å². The lowest BCUT2D eigenvalue weighted by atomic mass is 10.1. The van der Waals surface area contributed by atoms with Crippen LogP contribution in [0.15, 0.2) is 48.5 Å². The van der Waals surface area contributed by atoms with E-state index < -0.39 is 5.97 Å². The first-order chi connectivity index (χ1) is 15.0. The van der Waals surface area contributed by atoms with Crippen molar-refractivity contribution in [1.29, 1.82) is 0 Å². The van der Waals surface area contributed by atoms with Crippen molar-refractivity contribution in [1.82, 2.24) is 9.88 Å². The van der Waals surface area contributed by atoms with Crippen molar-refractivity contribution in [2.45, 2.75) is 19.9 Å². The van der Waals surface area contributed by atoms with Crippen LogP contribution in [0.4, 0.5) is 11.4 Å². The Morgan fingerprint density at radius 2 is 1.77 bits per heavy atom.